The highest BCUT2D eigenvalue weighted by Crippen LogP contribution is 2.31. The van der Waals surface area contributed by atoms with Gasteiger partial charge in [-0.2, -0.15) is 0 Å². The zero-order valence-corrected chi connectivity index (χ0v) is 18.5. The predicted octanol–water partition coefficient (Wildman–Crippen LogP) is 1.38. The number of ether oxygens (including phenoxy) is 1. The molecule has 0 atom stereocenters. The molecule has 0 aliphatic rings. The van der Waals surface area contributed by atoms with E-state index in [1.54, 1.807) is 19.9 Å². The molecule has 0 radical (unpaired) electrons. The lowest BCUT2D eigenvalue weighted by Gasteiger charge is -2.18. The number of carboxylic acids is 1. The van der Waals surface area contributed by atoms with Gasteiger partial charge in [0.1, 0.15) is 23.4 Å². The second-order valence-electron chi connectivity index (χ2n) is 7.41. The van der Waals surface area contributed by atoms with Crippen molar-refractivity contribution in [2.45, 2.75) is 39.7 Å². The van der Waals surface area contributed by atoms with E-state index in [0.29, 0.717) is 16.7 Å². The molecule has 5 N–H and O–H groups in total. The van der Waals surface area contributed by atoms with Crippen LogP contribution in [0.4, 0.5) is 0 Å². The first-order valence-corrected chi connectivity index (χ1v) is 10.3. The fourth-order valence-electron chi connectivity index (χ4n) is 2.98. The Morgan fingerprint density at radius 1 is 1.09 bits per heavy atom. The number of pyridine rings is 1. The van der Waals surface area contributed by atoms with E-state index in [0.717, 1.165) is 6.42 Å². The minimum absolute atomic E-state index is 0.0607. The topological polar surface area (TPSA) is 167 Å². The minimum atomic E-state index is -1.38. The molecular weight excluding hydrogens is 434 g/mol. The summed E-state index contributed by atoms with van der Waals surface area (Å²) in [6.45, 7) is 4.89. The maximum atomic E-state index is 13.1. The summed E-state index contributed by atoms with van der Waals surface area (Å²) in [7, 11) is 0. The van der Waals surface area contributed by atoms with E-state index in [1.807, 2.05) is 12.2 Å². The zero-order valence-electron chi connectivity index (χ0n) is 18.5. The Kier molecular flexibility index (Phi) is 8.43. The third-order valence-corrected chi connectivity index (χ3v) is 4.44. The molecule has 33 heavy (non-hydrogen) atoms. The van der Waals surface area contributed by atoms with Crippen LogP contribution in [0.3, 0.4) is 0 Å². The Labute approximate surface area is 189 Å². The van der Waals surface area contributed by atoms with Crippen molar-refractivity contribution in [3.05, 3.63) is 45.7 Å². The van der Waals surface area contributed by atoms with Crippen LogP contribution in [0.2, 0.25) is 0 Å². The molecule has 0 bridgehead atoms. The zero-order chi connectivity index (χ0) is 24.7. The first-order valence-electron chi connectivity index (χ1n) is 10.3. The first-order chi connectivity index (χ1) is 15.6. The van der Waals surface area contributed by atoms with E-state index in [9.17, 15) is 29.4 Å². The standard InChI is InChI=1S/C22H27N3O8/c1-4-5-9-23-19(29)16-18(28)17(20(30)24-11-15(26)27)22(32)25(21(16)31)13-7-6-8-14(10-13)33-12(2)3/h6-8,10,12,28,31H,4-5,9,11H2,1-3H3,(H,23,29)(H,24,30)(H,26,27). The van der Waals surface area contributed by atoms with Crippen molar-refractivity contribution in [3.63, 3.8) is 0 Å². The van der Waals surface area contributed by atoms with Gasteiger partial charge >= 0.3 is 5.97 Å². The highest BCUT2D eigenvalue weighted by molar-refractivity contribution is 6.05. The van der Waals surface area contributed by atoms with E-state index in [-0.39, 0.29) is 18.3 Å². The van der Waals surface area contributed by atoms with Crippen molar-refractivity contribution in [3.8, 4) is 23.1 Å². The van der Waals surface area contributed by atoms with Crippen LogP contribution in [-0.4, -0.2) is 56.9 Å². The predicted molar refractivity (Wildman–Crippen MR) is 118 cm³/mol. The summed E-state index contributed by atoms with van der Waals surface area (Å²) < 4.78 is 6.27. The van der Waals surface area contributed by atoms with Crippen molar-refractivity contribution in [1.29, 1.82) is 0 Å². The van der Waals surface area contributed by atoms with Gasteiger partial charge in [0.25, 0.3) is 17.4 Å². The molecule has 11 heteroatoms. The van der Waals surface area contributed by atoms with Gasteiger partial charge in [-0.05, 0) is 32.4 Å². The summed E-state index contributed by atoms with van der Waals surface area (Å²) >= 11 is 0. The fourth-order valence-corrected chi connectivity index (χ4v) is 2.98. The number of aromatic nitrogens is 1. The molecule has 2 amide bonds. The number of hydrogen-bond donors (Lipinski definition) is 5. The lowest BCUT2D eigenvalue weighted by atomic mass is 10.1. The highest BCUT2D eigenvalue weighted by Gasteiger charge is 2.30. The number of nitrogens with zero attached hydrogens (tertiary/aromatic N) is 1. The average Bonchev–Trinajstić information content (AvgIpc) is 2.72. The number of benzene rings is 1. The van der Waals surface area contributed by atoms with E-state index in [4.69, 9.17) is 9.84 Å². The molecule has 0 aliphatic carbocycles. The van der Waals surface area contributed by atoms with Crippen LogP contribution in [0.1, 0.15) is 54.3 Å². The number of aromatic hydroxyl groups is 2. The van der Waals surface area contributed by atoms with Crippen molar-refractivity contribution in [2.24, 2.45) is 0 Å². The molecule has 2 aromatic rings. The van der Waals surface area contributed by atoms with E-state index < -0.39 is 52.6 Å². The summed E-state index contributed by atoms with van der Waals surface area (Å²) in [6.07, 6.45) is 1.19. The fraction of sp³-hybridized carbons (Fsp3) is 0.364. The molecular formula is C22H27N3O8. The third-order valence-electron chi connectivity index (χ3n) is 4.44. The Morgan fingerprint density at radius 3 is 2.36 bits per heavy atom. The van der Waals surface area contributed by atoms with Gasteiger partial charge in [-0.3, -0.25) is 19.2 Å². The number of aliphatic carboxylic acids is 1. The molecule has 1 heterocycles. The normalized spacial score (nSPS) is 10.7. The number of nitrogens with one attached hydrogen (secondary N) is 2. The molecule has 0 aliphatic heterocycles. The van der Waals surface area contributed by atoms with Crippen LogP contribution in [0.15, 0.2) is 29.1 Å². The Hall–Kier alpha value is -4.02. The number of hydrogen-bond acceptors (Lipinski definition) is 7. The lowest BCUT2D eigenvalue weighted by molar-refractivity contribution is -0.135. The molecule has 178 valence electrons. The van der Waals surface area contributed by atoms with Gasteiger partial charge in [-0.15, -0.1) is 0 Å². The van der Waals surface area contributed by atoms with Crippen LogP contribution >= 0.6 is 0 Å². The molecule has 2 rings (SSSR count). The van der Waals surface area contributed by atoms with Gasteiger partial charge in [-0.25, -0.2) is 4.57 Å². The van der Waals surface area contributed by atoms with Crippen molar-refractivity contribution >= 4 is 17.8 Å². The largest absolute Gasteiger partial charge is 0.506 e. The maximum absolute atomic E-state index is 13.1. The van der Waals surface area contributed by atoms with E-state index in [1.165, 1.54) is 18.2 Å². The molecule has 0 saturated heterocycles. The van der Waals surface area contributed by atoms with Gasteiger partial charge in [0.2, 0.25) is 5.88 Å². The second kappa shape index (κ2) is 11.0. The Morgan fingerprint density at radius 2 is 1.76 bits per heavy atom. The smallest absolute Gasteiger partial charge is 0.322 e. The SMILES string of the molecule is CCCCNC(=O)c1c(O)c(C(=O)NCC(=O)O)c(=O)n(-c2cccc(OC(C)C)c2)c1O. The van der Waals surface area contributed by atoms with Crippen molar-refractivity contribution in [2.75, 3.05) is 13.1 Å². The second-order valence-corrected chi connectivity index (χ2v) is 7.41. The summed E-state index contributed by atoms with van der Waals surface area (Å²) in [5.74, 6) is -5.09. The summed E-state index contributed by atoms with van der Waals surface area (Å²) in [6, 6.07) is 6.00. The number of carbonyl (C=O) groups excluding carboxylic acids is 2. The van der Waals surface area contributed by atoms with Gasteiger partial charge in [-0.1, -0.05) is 19.4 Å². The van der Waals surface area contributed by atoms with E-state index >= 15 is 0 Å². The molecule has 0 fully saturated rings. The number of unbranched alkanes of at least 4 members (excludes halogenated alkanes) is 1. The number of carbonyl (C=O) groups is 3. The van der Waals surface area contributed by atoms with E-state index in [2.05, 4.69) is 5.32 Å². The molecule has 0 saturated carbocycles. The molecule has 0 spiro atoms. The minimum Gasteiger partial charge on any atom is -0.506 e. The molecule has 0 unspecified atom stereocenters. The van der Waals surface area contributed by atoms with Crippen LogP contribution in [-0.2, 0) is 4.79 Å². The highest BCUT2D eigenvalue weighted by atomic mass is 16.5. The third kappa shape index (κ3) is 6.03. The summed E-state index contributed by atoms with van der Waals surface area (Å²) in [4.78, 5) is 49.2. The number of rotatable bonds is 10. The average molecular weight is 461 g/mol. The van der Waals surface area contributed by atoms with Gasteiger partial charge in [0.15, 0.2) is 5.75 Å². The van der Waals surface area contributed by atoms with Gasteiger partial charge in [0.05, 0.1) is 11.8 Å². The van der Waals surface area contributed by atoms with Crippen molar-refractivity contribution in [1.82, 2.24) is 15.2 Å². The van der Waals surface area contributed by atoms with Gasteiger partial charge in [0, 0.05) is 12.6 Å². The Bertz CT molecular complexity index is 1110. The monoisotopic (exact) mass is 461 g/mol. The molecule has 1 aromatic heterocycles. The number of amides is 2. The lowest BCUT2D eigenvalue weighted by Crippen LogP contribution is -2.37. The van der Waals surface area contributed by atoms with Crippen LogP contribution in [0, 0.1) is 0 Å². The van der Waals surface area contributed by atoms with Crippen LogP contribution < -0.4 is 20.9 Å². The van der Waals surface area contributed by atoms with Crippen LogP contribution in [0.5, 0.6) is 17.4 Å². The number of carboxylic acid groups (broad SMARTS) is 1. The summed E-state index contributed by atoms with van der Waals surface area (Å²) in [5.41, 5.74) is -2.67. The molecule has 1 aromatic carbocycles. The maximum Gasteiger partial charge on any atom is 0.322 e. The Balaban J connectivity index is 2.73. The van der Waals surface area contributed by atoms with Crippen LogP contribution in [0.25, 0.3) is 5.69 Å². The molecule has 11 nitrogen and oxygen atoms in total. The van der Waals surface area contributed by atoms with Gasteiger partial charge < -0.3 is 30.7 Å². The summed E-state index contributed by atoms with van der Waals surface area (Å²) in [5, 5.41) is 34.7. The first kappa shape index (κ1) is 25.2. The van der Waals surface area contributed by atoms with Crippen molar-refractivity contribution < 1.29 is 34.4 Å². The quantitative estimate of drug-likeness (QED) is 0.331.